The molecule has 2 nitrogen and oxygen atoms in total. The number of hydrogen-bond donors (Lipinski definition) is 1. The molecule has 2 heteroatoms. The fourth-order valence-corrected chi connectivity index (χ4v) is 3.36. The van der Waals surface area contributed by atoms with E-state index in [1.807, 2.05) is 0 Å². The SMILES string of the molecule is CC1CCC(N)(c2cccc3c2OCCC3)C1. The Kier molecular flexibility index (Phi) is 2.62. The van der Waals surface area contributed by atoms with Gasteiger partial charge in [-0.1, -0.05) is 25.1 Å². The molecular weight excluding hydrogens is 210 g/mol. The maximum atomic E-state index is 6.61. The third-order valence-electron chi connectivity index (χ3n) is 4.27. The molecule has 1 aliphatic heterocycles. The molecule has 3 rings (SSSR count). The lowest BCUT2D eigenvalue weighted by molar-refractivity contribution is 0.275. The Bertz CT molecular complexity index is 429. The number of fused-ring (bicyclic) bond motifs is 1. The van der Waals surface area contributed by atoms with E-state index in [1.165, 1.54) is 17.5 Å². The van der Waals surface area contributed by atoms with Crippen LogP contribution in [0.1, 0.15) is 43.7 Å². The highest BCUT2D eigenvalue weighted by Crippen LogP contribution is 2.45. The van der Waals surface area contributed by atoms with E-state index in [4.69, 9.17) is 10.5 Å². The summed E-state index contributed by atoms with van der Waals surface area (Å²) in [4.78, 5) is 0. The van der Waals surface area contributed by atoms with Crippen molar-refractivity contribution in [2.75, 3.05) is 6.61 Å². The number of aryl methyl sites for hydroxylation is 1. The number of hydrogen-bond acceptors (Lipinski definition) is 2. The van der Waals surface area contributed by atoms with Gasteiger partial charge in [-0.2, -0.15) is 0 Å². The molecule has 1 aliphatic carbocycles. The third-order valence-corrected chi connectivity index (χ3v) is 4.27. The summed E-state index contributed by atoms with van der Waals surface area (Å²) in [5.41, 5.74) is 9.06. The summed E-state index contributed by atoms with van der Waals surface area (Å²) in [6, 6.07) is 6.49. The Hall–Kier alpha value is -1.02. The van der Waals surface area contributed by atoms with E-state index in [1.54, 1.807) is 0 Å². The molecule has 0 bridgehead atoms. The average Bonchev–Trinajstić information content (AvgIpc) is 2.70. The lowest BCUT2D eigenvalue weighted by atomic mass is 9.85. The van der Waals surface area contributed by atoms with Crippen molar-refractivity contribution in [3.8, 4) is 5.75 Å². The number of ether oxygens (including phenoxy) is 1. The van der Waals surface area contributed by atoms with Crippen LogP contribution in [0.2, 0.25) is 0 Å². The molecule has 2 N–H and O–H groups in total. The molecule has 2 unspecified atom stereocenters. The zero-order valence-electron chi connectivity index (χ0n) is 10.5. The molecule has 0 amide bonds. The van der Waals surface area contributed by atoms with Gasteiger partial charge in [0.25, 0.3) is 0 Å². The van der Waals surface area contributed by atoms with E-state index in [-0.39, 0.29) is 5.54 Å². The first-order valence-electron chi connectivity index (χ1n) is 6.73. The summed E-state index contributed by atoms with van der Waals surface area (Å²) >= 11 is 0. The maximum absolute atomic E-state index is 6.61. The van der Waals surface area contributed by atoms with Crippen molar-refractivity contribution in [1.82, 2.24) is 0 Å². The van der Waals surface area contributed by atoms with Crippen LogP contribution < -0.4 is 10.5 Å². The van der Waals surface area contributed by atoms with Gasteiger partial charge in [-0.25, -0.2) is 0 Å². The third kappa shape index (κ3) is 1.85. The molecule has 1 aromatic rings. The summed E-state index contributed by atoms with van der Waals surface area (Å²) in [5, 5.41) is 0. The van der Waals surface area contributed by atoms with E-state index < -0.39 is 0 Å². The molecule has 2 aliphatic rings. The van der Waals surface area contributed by atoms with Crippen LogP contribution in [0, 0.1) is 5.92 Å². The van der Waals surface area contributed by atoms with Crippen molar-refractivity contribution in [1.29, 1.82) is 0 Å². The van der Waals surface area contributed by atoms with Gasteiger partial charge >= 0.3 is 0 Å². The highest BCUT2D eigenvalue weighted by molar-refractivity contribution is 5.47. The maximum Gasteiger partial charge on any atom is 0.127 e. The van der Waals surface area contributed by atoms with Crippen molar-refractivity contribution >= 4 is 0 Å². The molecule has 1 heterocycles. The Morgan fingerprint density at radius 1 is 1.41 bits per heavy atom. The minimum atomic E-state index is -0.151. The van der Waals surface area contributed by atoms with Crippen LogP contribution in [0.4, 0.5) is 0 Å². The first-order chi connectivity index (χ1) is 8.19. The summed E-state index contributed by atoms with van der Waals surface area (Å²) in [6.07, 6.45) is 5.68. The Morgan fingerprint density at radius 3 is 3.06 bits per heavy atom. The van der Waals surface area contributed by atoms with Gasteiger partial charge in [0.15, 0.2) is 0 Å². The topological polar surface area (TPSA) is 35.2 Å². The van der Waals surface area contributed by atoms with Crippen LogP contribution in [0.15, 0.2) is 18.2 Å². The number of para-hydroxylation sites is 1. The second-order valence-electron chi connectivity index (χ2n) is 5.75. The lowest BCUT2D eigenvalue weighted by Gasteiger charge is -2.30. The van der Waals surface area contributed by atoms with Crippen LogP contribution in [0.3, 0.4) is 0 Å². The van der Waals surface area contributed by atoms with Crippen molar-refractivity contribution in [2.45, 2.75) is 44.6 Å². The lowest BCUT2D eigenvalue weighted by Crippen LogP contribution is -2.34. The van der Waals surface area contributed by atoms with E-state index >= 15 is 0 Å². The van der Waals surface area contributed by atoms with Gasteiger partial charge in [-0.15, -0.1) is 0 Å². The summed E-state index contributed by atoms with van der Waals surface area (Å²) in [5.74, 6) is 1.83. The van der Waals surface area contributed by atoms with Gasteiger partial charge in [0.1, 0.15) is 5.75 Å². The smallest absolute Gasteiger partial charge is 0.127 e. The quantitative estimate of drug-likeness (QED) is 0.806. The molecule has 0 radical (unpaired) electrons. The van der Waals surface area contributed by atoms with Gasteiger partial charge in [-0.05, 0) is 43.6 Å². The highest BCUT2D eigenvalue weighted by Gasteiger charge is 2.38. The molecule has 1 fully saturated rings. The Balaban J connectivity index is 2.03. The van der Waals surface area contributed by atoms with Crippen LogP contribution >= 0.6 is 0 Å². The van der Waals surface area contributed by atoms with Crippen LogP contribution in [0.25, 0.3) is 0 Å². The zero-order valence-corrected chi connectivity index (χ0v) is 10.5. The monoisotopic (exact) mass is 231 g/mol. The fraction of sp³-hybridized carbons (Fsp3) is 0.600. The molecule has 0 aromatic heterocycles. The summed E-state index contributed by atoms with van der Waals surface area (Å²) in [6.45, 7) is 3.14. The molecular formula is C15H21NO. The van der Waals surface area contributed by atoms with Crippen molar-refractivity contribution in [3.63, 3.8) is 0 Å². The van der Waals surface area contributed by atoms with Gasteiger partial charge in [0.05, 0.1) is 6.61 Å². The van der Waals surface area contributed by atoms with Crippen LogP contribution in [0.5, 0.6) is 5.75 Å². The van der Waals surface area contributed by atoms with Crippen LogP contribution in [-0.2, 0) is 12.0 Å². The number of rotatable bonds is 1. The van der Waals surface area contributed by atoms with E-state index in [0.717, 1.165) is 44.0 Å². The zero-order chi connectivity index (χ0) is 11.9. The van der Waals surface area contributed by atoms with E-state index in [2.05, 4.69) is 25.1 Å². The van der Waals surface area contributed by atoms with Gasteiger partial charge in [0, 0.05) is 11.1 Å². The van der Waals surface area contributed by atoms with Crippen molar-refractivity contribution in [3.05, 3.63) is 29.3 Å². The highest BCUT2D eigenvalue weighted by atomic mass is 16.5. The molecule has 17 heavy (non-hydrogen) atoms. The predicted octanol–water partition coefficient (Wildman–Crippen LogP) is 2.99. The number of nitrogens with two attached hydrogens (primary N) is 1. The van der Waals surface area contributed by atoms with Crippen molar-refractivity contribution in [2.24, 2.45) is 11.7 Å². The molecule has 0 spiro atoms. The molecule has 0 saturated heterocycles. The molecule has 2 atom stereocenters. The Labute approximate surface area is 103 Å². The second kappa shape index (κ2) is 4.02. The number of benzene rings is 1. The molecule has 92 valence electrons. The van der Waals surface area contributed by atoms with Crippen LogP contribution in [-0.4, -0.2) is 6.61 Å². The normalized spacial score (nSPS) is 32.0. The first-order valence-corrected chi connectivity index (χ1v) is 6.73. The predicted molar refractivity (Wildman–Crippen MR) is 69.1 cm³/mol. The second-order valence-corrected chi connectivity index (χ2v) is 5.75. The standard InChI is InChI=1S/C15H21NO/c1-11-7-8-15(16,10-11)13-6-2-4-12-5-3-9-17-14(12)13/h2,4,6,11H,3,5,7-10,16H2,1H3. The molecule has 1 saturated carbocycles. The van der Waals surface area contributed by atoms with E-state index in [9.17, 15) is 0 Å². The Morgan fingerprint density at radius 2 is 2.29 bits per heavy atom. The van der Waals surface area contributed by atoms with E-state index in [0.29, 0.717) is 0 Å². The minimum absolute atomic E-state index is 0.151. The molecule has 1 aromatic carbocycles. The van der Waals surface area contributed by atoms with Crippen molar-refractivity contribution < 1.29 is 4.74 Å². The minimum Gasteiger partial charge on any atom is -0.493 e. The average molecular weight is 231 g/mol. The summed E-state index contributed by atoms with van der Waals surface area (Å²) < 4.78 is 5.89. The van der Waals surface area contributed by atoms with Gasteiger partial charge in [0.2, 0.25) is 0 Å². The van der Waals surface area contributed by atoms with Gasteiger partial charge in [-0.3, -0.25) is 0 Å². The summed E-state index contributed by atoms with van der Waals surface area (Å²) in [7, 11) is 0. The first kappa shape index (κ1) is 11.1. The fourth-order valence-electron chi connectivity index (χ4n) is 3.36. The van der Waals surface area contributed by atoms with Gasteiger partial charge < -0.3 is 10.5 Å². The largest absolute Gasteiger partial charge is 0.493 e.